The van der Waals surface area contributed by atoms with Gasteiger partial charge in [-0.25, -0.2) is 4.39 Å². The van der Waals surface area contributed by atoms with E-state index in [1.165, 1.54) is 44.6 Å². The Kier molecular flexibility index (Phi) is 7.36. The summed E-state index contributed by atoms with van der Waals surface area (Å²) in [4.78, 5) is 0.349. The molecule has 1 unspecified atom stereocenters. The quantitative estimate of drug-likeness (QED) is 0.553. The van der Waals surface area contributed by atoms with Gasteiger partial charge in [-0.05, 0) is 47.3 Å². The molecule has 1 aromatic rings. The maximum Gasteiger partial charge on any atom is 0.417 e. The van der Waals surface area contributed by atoms with Crippen LogP contribution in [0.3, 0.4) is 0 Å². The summed E-state index contributed by atoms with van der Waals surface area (Å²) in [6, 6.07) is 3.68. The molecule has 0 heterocycles. The summed E-state index contributed by atoms with van der Waals surface area (Å²) in [6.45, 7) is 8.15. The number of halogens is 4. The fourth-order valence-corrected chi connectivity index (χ4v) is 3.58. The van der Waals surface area contributed by atoms with E-state index in [4.69, 9.17) is 4.74 Å². The van der Waals surface area contributed by atoms with Gasteiger partial charge in [0.1, 0.15) is 11.6 Å². The van der Waals surface area contributed by atoms with E-state index in [0.29, 0.717) is 4.91 Å². The minimum atomic E-state index is -4.86. The second kappa shape index (κ2) is 8.48. The summed E-state index contributed by atoms with van der Waals surface area (Å²) in [5.74, 6) is -0.312. The summed E-state index contributed by atoms with van der Waals surface area (Å²) in [6.07, 6.45) is -4.61. The molecule has 26 heavy (non-hydrogen) atoms. The van der Waals surface area contributed by atoms with Crippen molar-refractivity contribution in [3.8, 4) is 5.75 Å². The molecule has 0 bridgehead atoms. The van der Waals surface area contributed by atoms with Gasteiger partial charge in [0.15, 0.2) is 5.60 Å². The molecule has 0 radical (unpaired) electrons. The molecule has 2 nitrogen and oxygen atoms in total. The van der Waals surface area contributed by atoms with Crippen molar-refractivity contribution in [1.29, 1.82) is 0 Å². The maximum atomic E-state index is 13.7. The molecule has 1 rings (SSSR count). The number of rotatable bonds is 8. The summed E-state index contributed by atoms with van der Waals surface area (Å²) < 4.78 is 60.0. The van der Waals surface area contributed by atoms with Gasteiger partial charge in [-0.15, -0.1) is 11.8 Å². The third kappa shape index (κ3) is 5.27. The fourth-order valence-electron chi connectivity index (χ4n) is 2.91. The number of hydrogen-bond acceptors (Lipinski definition) is 3. The van der Waals surface area contributed by atoms with Gasteiger partial charge in [0, 0.05) is 12.0 Å². The summed E-state index contributed by atoms with van der Waals surface area (Å²) in [7, 11) is 1.36. The Labute approximate surface area is 155 Å². The van der Waals surface area contributed by atoms with Gasteiger partial charge in [-0.3, -0.25) is 0 Å². The molecule has 7 heteroatoms. The monoisotopic (exact) mass is 392 g/mol. The Bertz CT molecular complexity index is 668. The van der Waals surface area contributed by atoms with Crippen molar-refractivity contribution in [1.82, 2.24) is 0 Å². The van der Waals surface area contributed by atoms with Crippen molar-refractivity contribution in [2.75, 3.05) is 7.11 Å². The molecule has 0 saturated heterocycles. The highest BCUT2D eigenvalue weighted by Gasteiger charge is 2.56. The van der Waals surface area contributed by atoms with E-state index in [2.05, 4.69) is 6.58 Å². The van der Waals surface area contributed by atoms with Crippen LogP contribution in [-0.4, -0.2) is 24.0 Å². The van der Waals surface area contributed by atoms with Crippen LogP contribution in [0.2, 0.25) is 0 Å². The van der Waals surface area contributed by atoms with Crippen LogP contribution < -0.4 is 4.74 Å². The molecule has 0 amide bonds. The van der Waals surface area contributed by atoms with Crippen LogP contribution in [0, 0.1) is 5.82 Å². The van der Waals surface area contributed by atoms with E-state index in [-0.39, 0.29) is 11.3 Å². The lowest BCUT2D eigenvalue weighted by Gasteiger charge is -2.38. The van der Waals surface area contributed by atoms with E-state index in [1.54, 1.807) is 6.92 Å². The molecular formula is C19H24F4O2S. The van der Waals surface area contributed by atoms with E-state index in [9.17, 15) is 22.7 Å². The molecule has 1 aromatic carbocycles. The summed E-state index contributed by atoms with van der Waals surface area (Å²) in [5, 5.41) is 12.0. The van der Waals surface area contributed by atoms with Crippen molar-refractivity contribution >= 4 is 11.8 Å². The van der Waals surface area contributed by atoms with E-state index in [1.807, 2.05) is 0 Å². The van der Waals surface area contributed by atoms with Crippen LogP contribution in [0.25, 0.3) is 0 Å². The van der Waals surface area contributed by atoms with E-state index in [0.717, 1.165) is 17.8 Å². The van der Waals surface area contributed by atoms with Gasteiger partial charge in [0.25, 0.3) is 0 Å². The molecule has 0 aliphatic heterocycles. The lowest BCUT2D eigenvalue weighted by Crippen LogP contribution is -2.49. The number of aliphatic hydroxyl groups is 1. The minimum Gasteiger partial charge on any atom is -0.496 e. The van der Waals surface area contributed by atoms with Gasteiger partial charge >= 0.3 is 6.18 Å². The van der Waals surface area contributed by atoms with Crippen molar-refractivity contribution in [3.05, 3.63) is 52.5 Å². The first-order valence-electron chi connectivity index (χ1n) is 7.96. The molecule has 1 N–H and O–H groups in total. The number of allylic oxidation sites excluding steroid dienone is 1. The second-order valence-electron chi connectivity index (χ2n) is 6.65. The predicted octanol–water partition coefficient (Wildman–Crippen LogP) is 5.97. The first-order chi connectivity index (χ1) is 11.9. The molecule has 0 fully saturated rings. The number of alkyl halides is 3. The Morgan fingerprint density at radius 2 is 1.92 bits per heavy atom. The van der Waals surface area contributed by atoms with Crippen molar-refractivity contribution < 1.29 is 27.4 Å². The average Bonchev–Trinajstić information content (AvgIpc) is 2.52. The fraction of sp³-hybridized carbons (Fsp3) is 0.474. The molecule has 0 saturated carbocycles. The highest BCUT2D eigenvalue weighted by atomic mass is 32.2. The number of thioether (sulfide) groups is 1. The molecule has 0 aliphatic rings. The number of ether oxygens (including phenoxy) is 1. The maximum absolute atomic E-state index is 13.7. The standard InChI is InChI=1S/C19H24F4O2S/c1-6-14(26-7-2)11-18(24,19(21,22)23)12-17(3,4)15-10-13(20)8-9-16(15)25-5/h6-10,24H,2,11-12H2,1,3-5H3/b14-6-. The Hall–Kier alpha value is -1.47. The molecule has 0 spiro atoms. The van der Waals surface area contributed by atoms with Crippen molar-refractivity contribution in [2.45, 2.75) is 50.8 Å². The number of methoxy groups -OCH3 is 1. The van der Waals surface area contributed by atoms with Gasteiger partial charge in [-0.1, -0.05) is 26.5 Å². The zero-order chi connectivity index (χ0) is 20.2. The molecule has 0 aromatic heterocycles. The highest BCUT2D eigenvalue weighted by Crippen LogP contribution is 2.47. The topological polar surface area (TPSA) is 29.5 Å². The van der Waals surface area contributed by atoms with Crippen LogP contribution in [0.15, 0.2) is 41.2 Å². The van der Waals surface area contributed by atoms with Crippen LogP contribution in [0.4, 0.5) is 17.6 Å². The Morgan fingerprint density at radius 3 is 2.38 bits per heavy atom. The van der Waals surface area contributed by atoms with Crippen LogP contribution in [0.5, 0.6) is 5.75 Å². The van der Waals surface area contributed by atoms with E-state index < -0.39 is 35.9 Å². The van der Waals surface area contributed by atoms with Crippen LogP contribution in [0.1, 0.15) is 39.2 Å². The number of benzene rings is 1. The lowest BCUT2D eigenvalue weighted by atomic mass is 9.73. The average molecular weight is 392 g/mol. The van der Waals surface area contributed by atoms with Gasteiger partial charge in [0.2, 0.25) is 0 Å². The first kappa shape index (κ1) is 22.6. The SMILES string of the molecule is C=CS/C(=C\C)CC(O)(CC(C)(C)c1cc(F)ccc1OC)C(F)(F)F. The summed E-state index contributed by atoms with van der Waals surface area (Å²) >= 11 is 1.03. The molecular weight excluding hydrogens is 368 g/mol. The zero-order valence-electron chi connectivity index (χ0n) is 15.3. The molecule has 1 atom stereocenters. The largest absolute Gasteiger partial charge is 0.496 e. The number of hydrogen-bond donors (Lipinski definition) is 1. The van der Waals surface area contributed by atoms with Crippen LogP contribution >= 0.6 is 11.8 Å². The van der Waals surface area contributed by atoms with Crippen LogP contribution in [-0.2, 0) is 5.41 Å². The predicted molar refractivity (Wildman–Crippen MR) is 97.8 cm³/mol. The third-order valence-electron chi connectivity index (χ3n) is 4.18. The first-order valence-corrected chi connectivity index (χ1v) is 8.84. The van der Waals surface area contributed by atoms with E-state index >= 15 is 0 Å². The van der Waals surface area contributed by atoms with Crippen molar-refractivity contribution in [3.63, 3.8) is 0 Å². The van der Waals surface area contributed by atoms with Gasteiger partial charge in [0.05, 0.1) is 7.11 Å². The highest BCUT2D eigenvalue weighted by molar-refractivity contribution is 8.05. The minimum absolute atomic E-state index is 0.265. The molecule has 146 valence electrons. The zero-order valence-corrected chi connectivity index (χ0v) is 16.1. The Morgan fingerprint density at radius 1 is 1.31 bits per heavy atom. The summed E-state index contributed by atoms with van der Waals surface area (Å²) in [5.41, 5.74) is -3.91. The lowest BCUT2D eigenvalue weighted by molar-refractivity contribution is -0.265. The molecule has 0 aliphatic carbocycles. The smallest absolute Gasteiger partial charge is 0.417 e. The second-order valence-corrected chi connectivity index (χ2v) is 7.74. The van der Waals surface area contributed by atoms with Crippen molar-refractivity contribution in [2.24, 2.45) is 0 Å². The Balaban J connectivity index is 3.34. The van der Waals surface area contributed by atoms with Gasteiger partial charge in [-0.2, -0.15) is 13.2 Å². The van der Waals surface area contributed by atoms with Gasteiger partial charge < -0.3 is 9.84 Å². The third-order valence-corrected chi connectivity index (χ3v) is 5.03. The normalized spacial score (nSPS) is 15.5.